The van der Waals surface area contributed by atoms with Crippen LogP contribution in [0.3, 0.4) is 0 Å². The van der Waals surface area contributed by atoms with Crippen molar-refractivity contribution in [1.82, 2.24) is 10.6 Å². The van der Waals surface area contributed by atoms with Crippen LogP contribution >= 0.6 is 0 Å². The number of urea groups is 1. The van der Waals surface area contributed by atoms with Crippen LogP contribution in [0.1, 0.15) is 20.8 Å². The van der Waals surface area contributed by atoms with Crippen molar-refractivity contribution in [2.45, 2.75) is 26.8 Å². The number of aliphatic carboxylic acids is 1. The molecule has 6 nitrogen and oxygen atoms in total. The summed E-state index contributed by atoms with van der Waals surface area (Å²) in [5.41, 5.74) is 0. The van der Waals surface area contributed by atoms with Crippen LogP contribution in [0, 0.1) is 5.92 Å². The van der Waals surface area contributed by atoms with Crippen molar-refractivity contribution in [3.8, 4) is 0 Å². The first-order valence-electron chi connectivity index (χ1n) is 5.27. The zero-order chi connectivity index (χ0) is 12.6. The van der Waals surface area contributed by atoms with E-state index in [0.717, 1.165) is 0 Å². The van der Waals surface area contributed by atoms with Gasteiger partial charge in [0.2, 0.25) is 0 Å². The lowest BCUT2D eigenvalue weighted by molar-refractivity contribution is -0.142. The van der Waals surface area contributed by atoms with Gasteiger partial charge in [0.05, 0.1) is 6.61 Å². The number of carboxylic acid groups (broad SMARTS) is 1. The van der Waals surface area contributed by atoms with Crippen molar-refractivity contribution >= 4 is 12.0 Å². The third-order valence-corrected chi connectivity index (χ3v) is 2.12. The van der Waals surface area contributed by atoms with Crippen molar-refractivity contribution in [3.05, 3.63) is 0 Å². The van der Waals surface area contributed by atoms with E-state index in [9.17, 15) is 9.59 Å². The maximum Gasteiger partial charge on any atom is 0.329 e. The average molecular weight is 232 g/mol. The Bertz CT molecular complexity index is 231. The van der Waals surface area contributed by atoms with E-state index in [0.29, 0.717) is 12.5 Å². The van der Waals surface area contributed by atoms with E-state index in [1.54, 1.807) is 0 Å². The van der Waals surface area contributed by atoms with Gasteiger partial charge < -0.3 is 20.5 Å². The molecule has 1 atom stereocenters. The van der Waals surface area contributed by atoms with E-state index >= 15 is 0 Å². The quantitative estimate of drug-likeness (QED) is 0.555. The van der Waals surface area contributed by atoms with Crippen LogP contribution in [0.15, 0.2) is 0 Å². The first-order valence-corrected chi connectivity index (χ1v) is 5.27. The monoisotopic (exact) mass is 232 g/mol. The van der Waals surface area contributed by atoms with Crippen LogP contribution in [-0.2, 0) is 9.53 Å². The van der Waals surface area contributed by atoms with Crippen molar-refractivity contribution in [2.75, 3.05) is 19.8 Å². The molecule has 94 valence electrons. The SMILES string of the molecule is CC(C)C(C)NC(=O)NCCOCC(=O)O. The summed E-state index contributed by atoms with van der Waals surface area (Å²) in [6.45, 7) is 6.10. The fourth-order valence-corrected chi connectivity index (χ4v) is 0.821. The van der Waals surface area contributed by atoms with Gasteiger partial charge in [-0.3, -0.25) is 0 Å². The van der Waals surface area contributed by atoms with Gasteiger partial charge in [-0.1, -0.05) is 13.8 Å². The van der Waals surface area contributed by atoms with Gasteiger partial charge in [-0.05, 0) is 12.8 Å². The largest absolute Gasteiger partial charge is 0.480 e. The second-order valence-electron chi connectivity index (χ2n) is 3.88. The lowest BCUT2D eigenvalue weighted by atomic mass is 10.1. The van der Waals surface area contributed by atoms with Gasteiger partial charge in [-0.15, -0.1) is 0 Å². The van der Waals surface area contributed by atoms with Crippen molar-refractivity contribution in [3.63, 3.8) is 0 Å². The maximum absolute atomic E-state index is 11.3. The van der Waals surface area contributed by atoms with Gasteiger partial charge in [-0.2, -0.15) is 0 Å². The summed E-state index contributed by atoms with van der Waals surface area (Å²) in [7, 11) is 0. The summed E-state index contributed by atoms with van der Waals surface area (Å²) < 4.78 is 4.76. The summed E-state index contributed by atoms with van der Waals surface area (Å²) >= 11 is 0. The van der Waals surface area contributed by atoms with E-state index in [2.05, 4.69) is 10.6 Å². The lowest BCUT2D eigenvalue weighted by Crippen LogP contribution is -2.43. The van der Waals surface area contributed by atoms with Gasteiger partial charge in [0.15, 0.2) is 0 Å². The number of carboxylic acids is 1. The normalized spacial score (nSPS) is 12.2. The molecule has 0 radical (unpaired) electrons. The van der Waals surface area contributed by atoms with E-state index in [1.807, 2.05) is 20.8 Å². The van der Waals surface area contributed by atoms with Crippen molar-refractivity contribution in [1.29, 1.82) is 0 Å². The van der Waals surface area contributed by atoms with E-state index in [-0.39, 0.29) is 25.3 Å². The molecule has 0 aliphatic rings. The minimum absolute atomic E-state index is 0.0972. The fourth-order valence-electron chi connectivity index (χ4n) is 0.821. The molecule has 6 heteroatoms. The molecular weight excluding hydrogens is 212 g/mol. The number of nitrogens with one attached hydrogen (secondary N) is 2. The summed E-state index contributed by atoms with van der Waals surface area (Å²) in [6, 6.07) is -0.167. The zero-order valence-electron chi connectivity index (χ0n) is 9.95. The summed E-state index contributed by atoms with van der Waals surface area (Å²) in [5, 5.41) is 13.6. The van der Waals surface area contributed by atoms with Crippen LogP contribution in [-0.4, -0.2) is 42.9 Å². The molecule has 0 fully saturated rings. The first kappa shape index (κ1) is 14.7. The van der Waals surface area contributed by atoms with E-state index in [4.69, 9.17) is 9.84 Å². The molecule has 0 aromatic rings. The third-order valence-electron chi connectivity index (χ3n) is 2.12. The molecule has 3 N–H and O–H groups in total. The second-order valence-corrected chi connectivity index (χ2v) is 3.88. The molecular formula is C10H20N2O4. The van der Waals surface area contributed by atoms with Gasteiger partial charge in [-0.25, -0.2) is 9.59 Å². The van der Waals surface area contributed by atoms with Crippen molar-refractivity contribution < 1.29 is 19.4 Å². The molecule has 1 unspecified atom stereocenters. The fraction of sp³-hybridized carbons (Fsp3) is 0.800. The molecule has 0 aromatic carbocycles. The molecule has 0 rings (SSSR count). The van der Waals surface area contributed by atoms with E-state index in [1.165, 1.54) is 0 Å². The molecule has 0 bridgehead atoms. The summed E-state index contributed by atoms with van der Waals surface area (Å²) in [5.74, 6) is -0.646. The Morgan fingerprint density at radius 2 is 1.94 bits per heavy atom. The van der Waals surface area contributed by atoms with Crippen LogP contribution < -0.4 is 10.6 Å². The highest BCUT2D eigenvalue weighted by atomic mass is 16.5. The maximum atomic E-state index is 11.3. The lowest BCUT2D eigenvalue weighted by Gasteiger charge is -2.17. The molecule has 0 saturated heterocycles. The minimum Gasteiger partial charge on any atom is -0.480 e. The number of amides is 2. The first-order chi connectivity index (χ1) is 7.43. The van der Waals surface area contributed by atoms with Crippen LogP contribution in [0.2, 0.25) is 0 Å². The smallest absolute Gasteiger partial charge is 0.329 e. The molecule has 0 saturated carbocycles. The average Bonchev–Trinajstić information content (AvgIpc) is 2.16. The molecule has 0 heterocycles. The van der Waals surface area contributed by atoms with Crippen molar-refractivity contribution in [2.24, 2.45) is 5.92 Å². The number of carbonyl (C=O) groups excluding carboxylic acids is 1. The molecule has 0 aliphatic carbocycles. The van der Waals surface area contributed by atoms with Crippen LogP contribution in [0.5, 0.6) is 0 Å². The van der Waals surface area contributed by atoms with Gasteiger partial charge in [0, 0.05) is 12.6 Å². The number of rotatable bonds is 7. The number of hydrogen-bond acceptors (Lipinski definition) is 3. The highest BCUT2D eigenvalue weighted by Crippen LogP contribution is 1.98. The summed E-state index contributed by atoms with van der Waals surface area (Å²) in [6.07, 6.45) is 0. The predicted octanol–water partition coefficient (Wildman–Crippen LogP) is 0.431. The highest BCUT2D eigenvalue weighted by molar-refractivity contribution is 5.74. The Labute approximate surface area is 95.4 Å². The Balaban J connectivity index is 3.47. The Kier molecular flexibility index (Phi) is 7.28. The highest BCUT2D eigenvalue weighted by Gasteiger charge is 2.09. The molecule has 0 spiro atoms. The predicted molar refractivity (Wildman–Crippen MR) is 59.3 cm³/mol. The van der Waals surface area contributed by atoms with Gasteiger partial charge in [0.25, 0.3) is 0 Å². The second kappa shape index (κ2) is 7.92. The molecule has 0 aromatic heterocycles. The molecule has 16 heavy (non-hydrogen) atoms. The topological polar surface area (TPSA) is 87.7 Å². The summed E-state index contributed by atoms with van der Waals surface area (Å²) in [4.78, 5) is 21.4. The number of hydrogen-bond donors (Lipinski definition) is 3. The zero-order valence-corrected chi connectivity index (χ0v) is 9.95. The standard InChI is InChI=1S/C10H20N2O4/c1-7(2)8(3)12-10(15)11-4-5-16-6-9(13)14/h7-8H,4-6H2,1-3H3,(H,13,14)(H2,11,12,15). The minimum atomic E-state index is -1.02. The number of carbonyl (C=O) groups is 2. The molecule has 2 amide bonds. The van der Waals surface area contributed by atoms with Crippen LogP contribution in [0.25, 0.3) is 0 Å². The number of ether oxygens (including phenoxy) is 1. The van der Waals surface area contributed by atoms with Crippen LogP contribution in [0.4, 0.5) is 4.79 Å². The molecule has 0 aliphatic heterocycles. The third kappa shape index (κ3) is 8.05. The van der Waals surface area contributed by atoms with E-state index < -0.39 is 5.97 Å². The Morgan fingerprint density at radius 1 is 1.31 bits per heavy atom. The Morgan fingerprint density at radius 3 is 2.44 bits per heavy atom. The van der Waals surface area contributed by atoms with Gasteiger partial charge >= 0.3 is 12.0 Å². The Hall–Kier alpha value is -1.30. The van der Waals surface area contributed by atoms with Gasteiger partial charge in [0.1, 0.15) is 6.61 Å².